The van der Waals surface area contributed by atoms with Crippen molar-refractivity contribution in [3.8, 4) is 11.5 Å². The Morgan fingerprint density at radius 1 is 1.30 bits per heavy atom. The molecule has 1 fully saturated rings. The van der Waals surface area contributed by atoms with Gasteiger partial charge in [-0.15, -0.1) is 0 Å². The van der Waals surface area contributed by atoms with Crippen molar-refractivity contribution in [2.45, 2.75) is 5.16 Å². The van der Waals surface area contributed by atoms with E-state index in [2.05, 4.69) is 20.2 Å². The molecule has 0 spiro atoms. The number of carbonyl (C=O) groups excluding carboxylic acids is 1. The van der Waals surface area contributed by atoms with Gasteiger partial charge in [0.1, 0.15) is 5.69 Å². The Morgan fingerprint density at radius 3 is 2.70 bits per heavy atom. The van der Waals surface area contributed by atoms with Crippen molar-refractivity contribution in [1.82, 2.24) is 14.9 Å². The van der Waals surface area contributed by atoms with Crippen LogP contribution in [0, 0.1) is 0 Å². The molecule has 0 unspecified atom stereocenters. The summed E-state index contributed by atoms with van der Waals surface area (Å²) in [5, 5.41) is 2.93. The van der Waals surface area contributed by atoms with E-state index in [1.54, 1.807) is 12.1 Å². The fourth-order valence-corrected chi connectivity index (χ4v) is 3.79. The molecule has 162 valence electrons. The molecule has 0 saturated carbocycles. The Hall–Kier alpha value is -2.76. The van der Waals surface area contributed by atoms with Crippen LogP contribution in [0.15, 0.2) is 28.2 Å². The van der Waals surface area contributed by atoms with Gasteiger partial charge in [-0.3, -0.25) is 19.5 Å². The van der Waals surface area contributed by atoms with Crippen LogP contribution in [0.2, 0.25) is 0 Å². The number of hydrogen-bond acceptors (Lipinski definition) is 9. The molecule has 1 saturated heterocycles. The number of hydrogen-bond donors (Lipinski definition) is 3. The van der Waals surface area contributed by atoms with Crippen molar-refractivity contribution in [3.05, 3.63) is 34.1 Å². The van der Waals surface area contributed by atoms with Crippen LogP contribution >= 0.6 is 11.8 Å². The number of aromatic amines is 1. The summed E-state index contributed by atoms with van der Waals surface area (Å²) < 4.78 is 15.7. The number of morpholine rings is 1. The average Bonchev–Trinajstić information content (AvgIpc) is 2.76. The van der Waals surface area contributed by atoms with E-state index in [1.165, 1.54) is 32.0 Å². The van der Waals surface area contributed by atoms with Crippen LogP contribution in [0.5, 0.6) is 11.5 Å². The van der Waals surface area contributed by atoms with E-state index in [1.807, 2.05) is 0 Å². The molecule has 0 radical (unpaired) electrons. The van der Waals surface area contributed by atoms with E-state index in [-0.39, 0.29) is 17.1 Å². The molecule has 4 N–H and O–H groups in total. The molecule has 1 amide bonds. The van der Waals surface area contributed by atoms with Gasteiger partial charge in [0, 0.05) is 31.0 Å². The first kappa shape index (κ1) is 21.9. The number of nitrogens with two attached hydrogens (primary N) is 1. The van der Waals surface area contributed by atoms with Crippen LogP contribution in [0.4, 0.5) is 11.5 Å². The minimum atomic E-state index is -0.511. The molecule has 1 aliphatic rings. The monoisotopic (exact) mass is 435 g/mol. The molecule has 2 aromatic rings. The van der Waals surface area contributed by atoms with E-state index in [0.29, 0.717) is 16.7 Å². The van der Waals surface area contributed by atoms with E-state index in [4.69, 9.17) is 19.9 Å². The second kappa shape index (κ2) is 10.3. The fourth-order valence-electron chi connectivity index (χ4n) is 2.92. The number of benzene rings is 1. The summed E-state index contributed by atoms with van der Waals surface area (Å²) in [5.41, 5.74) is 5.62. The number of carbonyl (C=O) groups is 1. The highest BCUT2D eigenvalue weighted by Crippen LogP contribution is 2.28. The molecular weight excluding hydrogens is 410 g/mol. The van der Waals surface area contributed by atoms with Crippen molar-refractivity contribution in [3.63, 3.8) is 0 Å². The van der Waals surface area contributed by atoms with Crippen molar-refractivity contribution in [2.24, 2.45) is 0 Å². The largest absolute Gasteiger partial charge is 0.493 e. The van der Waals surface area contributed by atoms with Gasteiger partial charge in [0.05, 0.1) is 27.4 Å². The van der Waals surface area contributed by atoms with Crippen LogP contribution in [0.3, 0.4) is 0 Å². The number of nitrogens with one attached hydrogen (secondary N) is 2. The smallest absolute Gasteiger partial charge is 0.277 e. The normalized spacial score (nSPS) is 14.3. The van der Waals surface area contributed by atoms with Crippen LogP contribution in [-0.4, -0.2) is 73.6 Å². The molecule has 30 heavy (non-hydrogen) atoms. The number of aromatic nitrogens is 2. The van der Waals surface area contributed by atoms with Gasteiger partial charge in [0.15, 0.2) is 22.5 Å². The standard InChI is InChI=1S/C19H25N5O5S/c1-27-13-4-3-12(11-14(13)28-2)17(25)21-15-16(20)22-19(23-18(15)26)30-10-7-24-5-8-29-9-6-24/h3-4,11H,5-10H2,1-2H3,(H,21,25)(H3,20,22,23,26). The van der Waals surface area contributed by atoms with E-state index < -0.39 is 11.5 Å². The number of anilines is 2. The summed E-state index contributed by atoms with van der Waals surface area (Å²) in [4.78, 5) is 34.2. The molecule has 0 aliphatic carbocycles. The highest BCUT2D eigenvalue weighted by molar-refractivity contribution is 7.99. The number of nitrogen functional groups attached to an aromatic ring is 1. The van der Waals surface area contributed by atoms with E-state index in [9.17, 15) is 9.59 Å². The molecule has 1 aromatic heterocycles. The fraction of sp³-hybridized carbons (Fsp3) is 0.421. The summed E-state index contributed by atoms with van der Waals surface area (Å²) in [6.45, 7) is 4.12. The van der Waals surface area contributed by atoms with E-state index in [0.717, 1.165) is 38.6 Å². The average molecular weight is 436 g/mol. The van der Waals surface area contributed by atoms with Gasteiger partial charge in [-0.05, 0) is 18.2 Å². The molecule has 0 atom stereocenters. The van der Waals surface area contributed by atoms with Crippen molar-refractivity contribution < 1.29 is 19.0 Å². The Bertz CT molecular complexity index is 945. The lowest BCUT2D eigenvalue weighted by Crippen LogP contribution is -2.37. The minimum absolute atomic E-state index is 0.0403. The van der Waals surface area contributed by atoms with Crippen LogP contribution in [-0.2, 0) is 4.74 Å². The number of methoxy groups -OCH3 is 2. The second-order valence-electron chi connectivity index (χ2n) is 6.46. The highest BCUT2D eigenvalue weighted by Gasteiger charge is 2.16. The van der Waals surface area contributed by atoms with Crippen LogP contribution in [0.1, 0.15) is 10.4 Å². The number of ether oxygens (including phenoxy) is 3. The molecule has 11 heteroatoms. The number of thioether (sulfide) groups is 1. The number of nitrogens with zero attached hydrogens (tertiary/aromatic N) is 2. The summed E-state index contributed by atoms with van der Waals surface area (Å²) in [6, 6.07) is 4.68. The predicted molar refractivity (Wildman–Crippen MR) is 115 cm³/mol. The maximum atomic E-state index is 12.6. The Balaban J connectivity index is 1.65. The van der Waals surface area contributed by atoms with Gasteiger partial charge >= 0.3 is 0 Å². The summed E-state index contributed by atoms with van der Waals surface area (Å²) in [5.74, 6) is 1.09. The zero-order chi connectivity index (χ0) is 21.5. The molecule has 1 aromatic carbocycles. The molecule has 2 heterocycles. The topological polar surface area (TPSA) is 132 Å². The van der Waals surface area contributed by atoms with E-state index >= 15 is 0 Å². The number of rotatable bonds is 8. The highest BCUT2D eigenvalue weighted by atomic mass is 32.2. The molecule has 3 rings (SSSR count). The van der Waals surface area contributed by atoms with Gasteiger partial charge in [-0.25, -0.2) is 4.98 Å². The maximum absolute atomic E-state index is 12.6. The molecule has 1 aliphatic heterocycles. The first-order chi connectivity index (χ1) is 14.5. The Kier molecular flexibility index (Phi) is 7.55. The van der Waals surface area contributed by atoms with Gasteiger partial charge in [-0.1, -0.05) is 11.8 Å². The van der Waals surface area contributed by atoms with Crippen LogP contribution < -0.4 is 26.1 Å². The third kappa shape index (κ3) is 5.43. The van der Waals surface area contributed by atoms with Crippen molar-refractivity contribution in [2.75, 3.05) is 63.9 Å². The SMILES string of the molecule is COc1ccc(C(=O)Nc2c(N)nc(SCCN3CCOCC3)[nH]c2=O)cc1OC. The Morgan fingerprint density at radius 2 is 2.03 bits per heavy atom. The summed E-state index contributed by atoms with van der Waals surface area (Å²) in [7, 11) is 2.98. The summed E-state index contributed by atoms with van der Waals surface area (Å²) >= 11 is 1.40. The Labute approximate surface area is 178 Å². The quantitative estimate of drug-likeness (QED) is 0.411. The predicted octanol–water partition coefficient (Wildman–Crippen LogP) is 1.05. The first-order valence-electron chi connectivity index (χ1n) is 9.38. The lowest BCUT2D eigenvalue weighted by atomic mass is 10.2. The first-order valence-corrected chi connectivity index (χ1v) is 10.4. The lowest BCUT2D eigenvalue weighted by molar-refractivity contribution is 0.0410. The van der Waals surface area contributed by atoms with Crippen molar-refractivity contribution in [1.29, 1.82) is 0 Å². The van der Waals surface area contributed by atoms with Gasteiger partial charge < -0.3 is 25.3 Å². The molecular formula is C19H25N5O5S. The lowest BCUT2D eigenvalue weighted by Gasteiger charge is -2.26. The van der Waals surface area contributed by atoms with Crippen molar-refractivity contribution >= 4 is 29.2 Å². The maximum Gasteiger partial charge on any atom is 0.277 e. The zero-order valence-corrected chi connectivity index (χ0v) is 17.7. The molecule has 0 bridgehead atoms. The second-order valence-corrected chi connectivity index (χ2v) is 7.54. The zero-order valence-electron chi connectivity index (χ0n) is 16.9. The minimum Gasteiger partial charge on any atom is -0.493 e. The third-order valence-electron chi connectivity index (χ3n) is 4.56. The summed E-state index contributed by atoms with van der Waals surface area (Å²) in [6.07, 6.45) is 0. The number of H-pyrrole nitrogens is 1. The van der Waals surface area contributed by atoms with Gasteiger partial charge in [0.25, 0.3) is 11.5 Å². The molecule has 10 nitrogen and oxygen atoms in total. The van der Waals surface area contributed by atoms with Gasteiger partial charge in [0.2, 0.25) is 0 Å². The van der Waals surface area contributed by atoms with Crippen LogP contribution in [0.25, 0.3) is 0 Å². The van der Waals surface area contributed by atoms with Gasteiger partial charge in [-0.2, -0.15) is 0 Å². The number of amides is 1. The third-order valence-corrected chi connectivity index (χ3v) is 5.41.